The molecule has 0 bridgehead atoms. The molecule has 0 radical (unpaired) electrons. The number of carbonyl (C=O) groups excluding carboxylic acids is 3. The lowest BCUT2D eigenvalue weighted by Crippen LogP contribution is -2.57. The molecule has 2 unspecified atom stereocenters. The molecule has 3 aliphatic heterocycles. The van der Waals surface area contributed by atoms with Gasteiger partial charge in [-0.3, -0.25) is 19.1 Å². The molecule has 14 nitrogen and oxygen atoms in total. The first-order chi connectivity index (χ1) is 28.1. The van der Waals surface area contributed by atoms with Crippen LogP contribution in [-0.4, -0.2) is 94.1 Å². The first kappa shape index (κ1) is 40.4. The number of alkyl halides is 2. The van der Waals surface area contributed by atoms with Crippen LogP contribution in [0.3, 0.4) is 0 Å². The minimum Gasteiger partial charge on any atom is -0.483 e. The fourth-order valence-corrected chi connectivity index (χ4v) is 11.4. The Hall–Kier alpha value is -3.96. The number of amides is 3. The molecule has 3 amide bonds. The maximum absolute atomic E-state index is 14.9. The molecule has 4 aliphatic carbocycles. The Balaban J connectivity index is 1.05. The van der Waals surface area contributed by atoms with Gasteiger partial charge in [0.1, 0.15) is 22.9 Å². The fraction of sp³-hybridized carbons (Fsp3) is 0.690. The van der Waals surface area contributed by atoms with E-state index in [0.29, 0.717) is 55.0 Å². The number of nitrogens with one attached hydrogen (secondary N) is 2. The number of allylic oxidation sites excluding steroid dienone is 1. The van der Waals surface area contributed by atoms with Gasteiger partial charge >= 0.3 is 0 Å². The number of sulfonamides is 1. The van der Waals surface area contributed by atoms with Crippen molar-refractivity contribution in [1.29, 1.82) is 0 Å². The fourth-order valence-electron chi connectivity index (χ4n) is 10.1. The van der Waals surface area contributed by atoms with Crippen LogP contribution in [0, 0.1) is 23.7 Å². The molecule has 9 rings (SSSR count). The van der Waals surface area contributed by atoms with Crippen molar-refractivity contribution in [3.63, 3.8) is 0 Å². The van der Waals surface area contributed by atoms with Crippen molar-refractivity contribution in [2.75, 3.05) is 13.7 Å². The van der Waals surface area contributed by atoms with E-state index in [1.807, 2.05) is 12.2 Å². The van der Waals surface area contributed by atoms with Crippen molar-refractivity contribution in [2.24, 2.45) is 23.7 Å². The van der Waals surface area contributed by atoms with Crippen molar-refractivity contribution >= 4 is 38.8 Å². The van der Waals surface area contributed by atoms with Gasteiger partial charge in [-0.15, -0.1) is 0 Å². The number of rotatable bonds is 9. The van der Waals surface area contributed by atoms with Crippen LogP contribution >= 0.6 is 0 Å². The van der Waals surface area contributed by atoms with E-state index in [0.717, 1.165) is 25.7 Å². The lowest BCUT2D eigenvalue weighted by molar-refractivity contribution is -0.159. The Kier molecular flexibility index (Phi) is 10.2. The Morgan fingerprint density at radius 1 is 1.10 bits per heavy atom. The summed E-state index contributed by atoms with van der Waals surface area (Å²) in [6, 6.07) is 1.88. The van der Waals surface area contributed by atoms with Gasteiger partial charge < -0.3 is 29.5 Å². The molecular formula is C42H53F2N5O9S. The van der Waals surface area contributed by atoms with Crippen LogP contribution in [0.5, 0.6) is 11.6 Å². The first-order valence-electron chi connectivity index (χ1n) is 21.2. The number of pyridine rings is 2. The normalized spacial score (nSPS) is 34.6. The highest BCUT2D eigenvalue weighted by Gasteiger charge is 2.64. The number of aryl methyl sites for hydroxylation is 1. The number of aromatic nitrogens is 2. The van der Waals surface area contributed by atoms with E-state index in [4.69, 9.17) is 14.2 Å². The van der Waals surface area contributed by atoms with Gasteiger partial charge in [0.05, 0.1) is 35.5 Å². The zero-order chi connectivity index (χ0) is 41.5. The lowest BCUT2D eigenvalue weighted by atomic mass is 9.88. The van der Waals surface area contributed by atoms with Crippen LogP contribution in [0.25, 0.3) is 11.0 Å². The maximum Gasteiger partial charge on any atom is 0.284 e. The van der Waals surface area contributed by atoms with Crippen molar-refractivity contribution in [3.8, 4) is 11.6 Å². The largest absolute Gasteiger partial charge is 0.483 e. The number of ether oxygens (including phenoxy) is 3. The summed E-state index contributed by atoms with van der Waals surface area (Å²) in [6.45, 7) is 1.44. The highest BCUT2D eigenvalue weighted by atomic mass is 32.2. The predicted molar refractivity (Wildman–Crippen MR) is 209 cm³/mol. The molecule has 2 aromatic rings. The van der Waals surface area contributed by atoms with Crippen LogP contribution in [0.4, 0.5) is 8.78 Å². The SMILES string of the molecule is COc1ccc2nc(C(F)F)c3c(c2n1)CC[C@]1(C[C@H]2C(=O)N[C@]4(C(=O)NS(=O)(=O)C5(C)CC5)C[C@H]4/C=C\CCCCC[C@H](CC(O)OC4C[C@@H]5C[C@@H]5C4)C(=O)N2C1)O3. The molecule has 5 fully saturated rings. The topological polar surface area (TPSA) is 186 Å². The van der Waals surface area contributed by atoms with Gasteiger partial charge in [-0.1, -0.05) is 25.0 Å². The monoisotopic (exact) mass is 841 g/mol. The number of methoxy groups -OCH3 is 1. The molecule has 1 spiro atoms. The summed E-state index contributed by atoms with van der Waals surface area (Å²) in [4.78, 5) is 53.8. The molecule has 5 heterocycles. The number of aliphatic hydroxyl groups is 1. The zero-order valence-corrected chi connectivity index (χ0v) is 34.3. The van der Waals surface area contributed by atoms with Crippen LogP contribution in [-0.2, 0) is 35.6 Å². The molecule has 9 atom stereocenters. The second-order valence-electron chi connectivity index (χ2n) is 18.4. The number of nitrogens with zero attached hydrogens (tertiary/aromatic N) is 3. The Morgan fingerprint density at radius 3 is 2.61 bits per heavy atom. The molecule has 4 saturated carbocycles. The average molecular weight is 842 g/mol. The zero-order valence-electron chi connectivity index (χ0n) is 33.5. The van der Waals surface area contributed by atoms with Crippen molar-refractivity contribution < 1.29 is 50.9 Å². The number of fused-ring (bicyclic) bond motifs is 6. The van der Waals surface area contributed by atoms with Gasteiger partial charge in [-0.25, -0.2) is 27.2 Å². The Bertz CT molecular complexity index is 2180. The van der Waals surface area contributed by atoms with Gasteiger partial charge in [-0.05, 0) is 95.5 Å². The molecule has 17 heteroatoms. The van der Waals surface area contributed by atoms with Crippen molar-refractivity contribution in [1.82, 2.24) is 24.9 Å². The summed E-state index contributed by atoms with van der Waals surface area (Å²) in [5.41, 5.74) is -2.44. The molecule has 3 N–H and O–H groups in total. The van der Waals surface area contributed by atoms with E-state index >= 15 is 0 Å². The minimum atomic E-state index is -4.04. The van der Waals surface area contributed by atoms with Gasteiger partial charge in [-0.2, -0.15) is 0 Å². The van der Waals surface area contributed by atoms with Crippen LogP contribution in [0.1, 0.15) is 114 Å². The summed E-state index contributed by atoms with van der Waals surface area (Å²) in [5, 5.41) is 14.1. The number of hydrogen-bond donors (Lipinski definition) is 3. The van der Waals surface area contributed by atoms with E-state index in [9.17, 15) is 36.7 Å². The van der Waals surface area contributed by atoms with Crippen molar-refractivity contribution in [3.05, 3.63) is 35.5 Å². The van der Waals surface area contributed by atoms with E-state index in [2.05, 4.69) is 20.0 Å². The van der Waals surface area contributed by atoms with E-state index in [1.165, 1.54) is 24.5 Å². The van der Waals surface area contributed by atoms with Gasteiger partial charge in [0.2, 0.25) is 27.7 Å². The molecule has 0 aromatic carbocycles. The standard InChI is InChI=1S/C42H53F2N5O9S/c1-40(14-15-40)59(54,55)48-39(53)42-20-26(42)9-7-5-3-4-6-8-23(19-32(50)57-27-17-24-16-25(24)18-27)38(52)49-22-41(21-30(49)37(51)47-42)13-12-28-33-29(10-11-31(46-33)56-2)45-34(36(43)44)35(28)58-41/h7,9-11,23-27,30,32,36,50H,3-6,8,12-22H2,1-2H3,(H,47,51)(H,48,53)/b9-7-/t23-,24-,25+,26-,27?,30+,32?,41-,42-/m1/s1. The van der Waals surface area contributed by atoms with E-state index < -0.39 is 79.9 Å². The summed E-state index contributed by atoms with van der Waals surface area (Å²) in [5.74, 6) is -1.77. The van der Waals surface area contributed by atoms with E-state index in [-0.39, 0.29) is 61.9 Å². The third kappa shape index (κ3) is 7.57. The third-order valence-corrected chi connectivity index (χ3v) is 16.4. The van der Waals surface area contributed by atoms with Gasteiger partial charge in [0.25, 0.3) is 12.3 Å². The summed E-state index contributed by atoms with van der Waals surface area (Å²) < 4.78 is 75.2. The summed E-state index contributed by atoms with van der Waals surface area (Å²) in [6.07, 6.45) is 7.17. The smallest absolute Gasteiger partial charge is 0.284 e. The average Bonchev–Trinajstić information content (AvgIpc) is 4.16. The van der Waals surface area contributed by atoms with Crippen LogP contribution < -0.4 is 19.5 Å². The number of aliphatic hydroxyl groups excluding tert-OH is 1. The molecule has 1 saturated heterocycles. The number of carbonyl (C=O) groups is 3. The van der Waals surface area contributed by atoms with Crippen LogP contribution in [0.15, 0.2) is 24.3 Å². The molecule has 2 aromatic heterocycles. The minimum absolute atomic E-state index is 0.0100. The van der Waals surface area contributed by atoms with E-state index in [1.54, 1.807) is 13.0 Å². The second kappa shape index (κ2) is 14.9. The third-order valence-electron chi connectivity index (χ3n) is 14.2. The maximum atomic E-state index is 14.9. The van der Waals surface area contributed by atoms with Gasteiger partial charge in [0, 0.05) is 36.3 Å². The van der Waals surface area contributed by atoms with Gasteiger partial charge in [0.15, 0.2) is 12.0 Å². The molecular weight excluding hydrogens is 789 g/mol. The number of hydrogen-bond acceptors (Lipinski definition) is 11. The number of halogens is 2. The first-order valence-corrected chi connectivity index (χ1v) is 22.7. The molecule has 320 valence electrons. The second-order valence-corrected chi connectivity index (χ2v) is 20.6. The Labute approximate surface area is 342 Å². The predicted octanol–water partition coefficient (Wildman–Crippen LogP) is 4.77. The quantitative estimate of drug-likeness (QED) is 0.233. The highest BCUT2D eigenvalue weighted by molar-refractivity contribution is 7.91. The van der Waals surface area contributed by atoms with Crippen molar-refractivity contribution in [2.45, 2.75) is 144 Å². The summed E-state index contributed by atoms with van der Waals surface area (Å²) >= 11 is 0. The Morgan fingerprint density at radius 2 is 1.88 bits per heavy atom. The van der Waals surface area contributed by atoms with Crippen LogP contribution in [0.2, 0.25) is 0 Å². The highest BCUT2D eigenvalue weighted by Crippen LogP contribution is 2.53. The summed E-state index contributed by atoms with van der Waals surface area (Å²) in [7, 11) is -2.59. The molecule has 7 aliphatic rings. The lowest BCUT2D eigenvalue weighted by Gasteiger charge is -2.36. The molecule has 59 heavy (non-hydrogen) atoms.